The SMILES string of the molecule is C=CCc1cc(CN2CCOCC2)c2cccnc2c1O. The third kappa shape index (κ3) is 2.91. The molecule has 1 aliphatic heterocycles. The fourth-order valence-corrected chi connectivity index (χ4v) is 2.80. The zero-order valence-electron chi connectivity index (χ0n) is 12.1. The molecule has 1 aliphatic rings. The molecule has 3 rings (SSSR count). The van der Waals surface area contributed by atoms with Crippen LogP contribution in [0.4, 0.5) is 0 Å². The maximum Gasteiger partial charge on any atom is 0.145 e. The molecule has 1 saturated heterocycles. The number of aromatic hydroxyl groups is 1. The van der Waals surface area contributed by atoms with Gasteiger partial charge < -0.3 is 9.84 Å². The van der Waals surface area contributed by atoms with Crippen molar-refractivity contribution in [1.29, 1.82) is 0 Å². The lowest BCUT2D eigenvalue weighted by molar-refractivity contribution is 0.0343. The summed E-state index contributed by atoms with van der Waals surface area (Å²) in [6, 6.07) is 6.02. The Morgan fingerprint density at radius 2 is 2.14 bits per heavy atom. The second-order valence-electron chi connectivity index (χ2n) is 5.32. The molecule has 0 aliphatic carbocycles. The quantitative estimate of drug-likeness (QED) is 0.876. The molecule has 1 aromatic heterocycles. The molecule has 2 heterocycles. The number of nitrogens with zero attached hydrogens (tertiary/aromatic N) is 2. The summed E-state index contributed by atoms with van der Waals surface area (Å²) in [5, 5.41) is 11.4. The van der Waals surface area contributed by atoms with Crippen LogP contribution in [-0.2, 0) is 17.7 Å². The monoisotopic (exact) mass is 284 g/mol. The maximum atomic E-state index is 10.4. The van der Waals surface area contributed by atoms with Crippen molar-refractivity contribution < 1.29 is 9.84 Å². The third-order valence-corrected chi connectivity index (χ3v) is 3.89. The van der Waals surface area contributed by atoms with Crippen molar-refractivity contribution in [2.45, 2.75) is 13.0 Å². The first-order valence-corrected chi connectivity index (χ1v) is 7.29. The van der Waals surface area contributed by atoms with Crippen molar-refractivity contribution in [2.24, 2.45) is 0 Å². The molecular formula is C17H20N2O2. The Hall–Kier alpha value is -1.91. The number of rotatable bonds is 4. The second-order valence-corrected chi connectivity index (χ2v) is 5.32. The molecule has 0 spiro atoms. The van der Waals surface area contributed by atoms with Gasteiger partial charge >= 0.3 is 0 Å². The highest BCUT2D eigenvalue weighted by Gasteiger charge is 2.16. The minimum Gasteiger partial charge on any atom is -0.505 e. The number of aromatic nitrogens is 1. The topological polar surface area (TPSA) is 45.6 Å². The van der Waals surface area contributed by atoms with Gasteiger partial charge in [-0.2, -0.15) is 0 Å². The first kappa shape index (κ1) is 14.0. The van der Waals surface area contributed by atoms with E-state index < -0.39 is 0 Å². The molecule has 1 fully saturated rings. The van der Waals surface area contributed by atoms with E-state index in [1.165, 1.54) is 5.56 Å². The van der Waals surface area contributed by atoms with Crippen LogP contribution in [0.2, 0.25) is 0 Å². The number of hydrogen-bond donors (Lipinski definition) is 1. The minimum absolute atomic E-state index is 0.274. The lowest BCUT2D eigenvalue weighted by atomic mass is 10.0. The van der Waals surface area contributed by atoms with Gasteiger partial charge in [0.25, 0.3) is 0 Å². The average Bonchev–Trinajstić information content (AvgIpc) is 2.53. The van der Waals surface area contributed by atoms with E-state index in [9.17, 15) is 5.11 Å². The average molecular weight is 284 g/mol. The van der Waals surface area contributed by atoms with Crippen molar-refractivity contribution in [2.75, 3.05) is 26.3 Å². The van der Waals surface area contributed by atoms with Crippen molar-refractivity contribution in [3.63, 3.8) is 0 Å². The van der Waals surface area contributed by atoms with Crippen LogP contribution >= 0.6 is 0 Å². The summed E-state index contributed by atoms with van der Waals surface area (Å²) >= 11 is 0. The lowest BCUT2D eigenvalue weighted by Crippen LogP contribution is -2.35. The molecular weight excluding hydrogens is 264 g/mol. The normalized spacial score (nSPS) is 16.2. The Morgan fingerprint density at radius 3 is 2.90 bits per heavy atom. The smallest absolute Gasteiger partial charge is 0.145 e. The Balaban J connectivity index is 2.02. The minimum atomic E-state index is 0.274. The highest BCUT2D eigenvalue weighted by molar-refractivity contribution is 5.88. The van der Waals surface area contributed by atoms with Crippen LogP contribution in [0.25, 0.3) is 10.9 Å². The Labute approximate surface area is 124 Å². The Bertz CT molecular complexity index is 649. The zero-order valence-corrected chi connectivity index (χ0v) is 12.1. The van der Waals surface area contributed by atoms with Gasteiger partial charge in [0.2, 0.25) is 0 Å². The predicted octanol–water partition coefficient (Wildman–Crippen LogP) is 2.50. The number of phenols is 1. The fraction of sp³-hybridized carbons (Fsp3) is 0.353. The van der Waals surface area contributed by atoms with Crippen molar-refractivity contribution in [3.05, 3.63) is 48.2 Å². The molecule has 1 aromatic carbocycles. The summed E-state index contributed by atoms with van der Waals surface area (Å²) in [6.07, 6.45) is 4.18. The molecule has 0 atom stereocenters. The number of pyridine rings is 1. The first-order chi connectivity index (χ1) is 10.3. The number of allylic oxidation sites excluding steroid dienone is 1. The molecule has 0 radical (unpaired) electrons. The van der Waals surface area contributed by atoms with E-state index in [0.717, 1.165) is 43.8 Å². The number of hydrogen-bond acceptors (Lipinski definition) is 4. The molecule has 110 valence electrons. The van der Waals surface area contributed by atoms with Crippen LogP contribution in [0, 0.1) is 0 Å². The number of ether oxygens (including phenoxy) is 1. The van der Waals surface area contributed by atoms with E-state index in [1.54, 1.807) is 6.20 Å². The van der Waals surface area contributed by atoms with Crippen molar-refractivity contribution in [1.82, 2.24) is 9.88 Å². The van der Waals surface area contributed by atoms with Gasteiger partial charge in [-0.15, -0.1) is 6.58 Å². The zero-order chi connectivity index (χ0) is 14.7. The standard InChI is InChI=1S/C17H20N2O2/c1-2-4-13-11-14(12-19-7-9-21-10-8-19)15-5-3-6-18-16(15)17(13)20/h2-3,5-6,11,20H,1,4,7-10,12H2. The molecule has 2 aromatic rings. The number of benzene rings is 1. The number of fused-ring (bicyclic) bond motifs is 1. The van der Waals surface area contributed by atoms with Gasteiger partial charge in [-0.25, -0.2) is 0 Å². The lowest BCUT2D eigenvalue weighted by Gasteiger charge is -2.27. The van der Waals surface area contributed by atoms with Gasteiger partial charge in [0.15, 0.2) is 0 Å². The van der Waals surface area contributed by atoms with Crippen LogP contribution in [0.5, 0.6) is 5.75 Å². The highest BCUT2D eigenvalue weighted by atomic mass is 16.5. The summed E-state index contributed by atoms with van der Waals surface area (Å²) in [7, 11) is 0. The van der Waals surface area contributed by atoms with Gasteiger partial charge in [0.05, 0.1) is 13.2 Å². The summed E-state index contributed by atoms with van der Waals surface area (Å²) in [4.78, 5) is 6.72. The Kier molecular flexibility index (Phi) is 4.18. The van der Waals surface area contributed by atoms with Gasteiger partial charge in [-0.05, 0) is 24.1 Å². The third-order valence-electron chi connectivity index (χ3n) is 3.89. The molecule has 0 bridgehead atoms. The first-order valence-electron chi connectivity index (χ1n) is 7.29. The molecule has 0 amide bonds. The van der Waals surface area contributed by atoms with E-state index in [2.05, 4.69) is 22.5 Å². The molecule has 4 nitrogen and oxygen atoms in total. The second kappa shape index (κ2) is 6.24. The molecule has 4 heteroatoms. The van der Waals surface area contributed by atoms with Crippen molar-refractivity contribution >= 4 is 10.9 Å². The van der Waals surface area contributed by atoms with Gasteiger partial charge in [-0.1, -0.05) is 12.1 Å². The van der Waals surface area contributed by atoms with E-state index in [1.807, 2.05) is 18.2 Å². The van der Waals surface area contributed by atoms with Crippen LogP contribution in [0.15, 0.2) is 37.1 Å². The molecule has 21 heavy (non-hydrogen) atoms. The fourth-order valence-electron chi connectivity index (χ4n) is 2.80. The van der Waals surface area contributed by atoms with Crippen LogP contribution < -0.4 is 0 Å². The van der Waals surface area contributed by atoms with Crippen LogP contribution in [0.3, 0.4) is 0 Å². The summed E-state index contributed by atoms with van der Waals surface area (Å²) in [6.45, 7) is 8.08. The molecule has 0 saturated carbocycles. The summed E-state index contributed by atoms with van der Waals surface area (Å²) < 4.78 is 5.40. The number of morpholine rings is 1. The van der Waals surface area contributed by atoms with E-state index in [4.69, 9.17) is 4.74 Å². The van der Waals surface area contributed by atoms with Gasteiger partial charge in [-0.3, -0.25) is 9.88 Å². The van der Waals surface area contributed by atoms with Gasteiger partial charge in [0, 0.05) is 36.8 Å². The van der Waals surface area contributed by atoms with Crippen LogP contribution in [-0.4, -0.2) is 41.3 Å². The van der Waals surface area contributed by atoms with E-state index >= 15 is 0 Å². The largest absolute Gasteiger partial charge is 0.505 e. The molecule has 1 N–H and O–H groups in total. The summed E-state index contributed by atoms with van der Waals surface area (Å²) in [5.41, 5.74) is 2.77. The molecule has 0 unspecified atom stereocenters. The predicted molar refractivity (Wildman–Crippen MR) is 83.4 cm³/mol. The number of phenolic OH excluding ortho intramolecular Hbond substituents is 1. The van der Waals surface area contributed by atoms with Gasteiger partial charge in [0.1, 0.15) is 11.3 Å². The maximum absolute atomic E-state index is 10.4. The summed E-state index contributed by atoms with van der Waals surface area (Å²) in [5.74, 6) is 0.274. The Morgan fingerprint density at radius 1 is 1.33 bits per heavy atom. The van der Waals surface area contributed by atoms with E-state index in [0.29, 0.717) is 11.9 Å². The van der Waals surface area contributed by atoms with E-state index in [-0.39, 0.29) is 5.75 Å². The van der Waals surface area contributed by atoms with Crippen LogP contribution in [0.1, 0.15) is 11.1 Å². The van der Waals surface area contributed by atoms with Crippen molar-refractivity contribution in [3.8, 4) is 5.75 Å². The highest BCUT2D eigenvalue weighted by Crippen LogP contribution is 2.31.